The molecule has 0 aliphatic carbocycles. The van der Waals surface area contributed by atoms with Crippen molar-refractivity contribution in [3.8, 4) is 0 Å². The maximum absolute atomic E-state index is 12.4. The molecule has 1 aromatic heterocycles. The Morgan fingerprint density at radius 3 is 3.05 bits per heavy atom. The van der Waals surface area contributed by atoms with Gasteiger partial charge >= 0.3 is 0 Å². The molecular formula is C14H19N3O2. The molecule has 0 bridgehead atoms. The Balaban J connectivity index is 1.95. The fourth-order valence-corrected chi connectivity index (χ4v) is 2.47. The summed E-state index contributed by atoms with van der Waals surface area (Å²) in [5.41, 5.74) is 0.633. The fraction of sp³-hybridized carbons (Fsp3) is 0.500. The van der Waals surface area contributed by atoms with Gasteiger partial charge in [-0.2, -0.15) is 0 Å². The van der Waals surface area contributed by atoms with Gasteiger partial charge < -0.3 is 10.2 Å². The number of carbonyl (C=O) groups excluding carboxylic acids is 2. The molecule has 102 valence electrons. The van der Waals surface area contributed by atoms with E-state index in [1.165, 1.54) is 6.92 Å². The minimum Gasteiger partial charge on any atom is -0.356 e. The highest BCUT2D eigenvalue weighted by Gasteiger charge is 2.28. The number of amides is 2. The highest BCUT2D eigenvalue weighted by molar-refractivity contribution is 5.94. The Morgan fingerprint density at radius 1 is 1.53 bits per heavy atom. The van der Waals surface area contributed by atoms with E-state index in [9.17, 15) is 9.59 Å². The topological polar surface area (TPSA) is 62.3 Å². The fourth-order valence-electron chi connectivity index (χ4n) is 2.47. The lowest BCUT2D eigenvalue weighted by Crippen LogP contribution is -2.37. The van der Waals surface area contributed by atoms with Crippen LogP contribution in [0.2, 0.25) is 0 Å². The van der Waals surface area contributed by atoms with E-state index in [0.717, 1.165) is 25.8 Å². The highest BCUT2D eigenvalue weighted by atomic mass is 16.2. The van der Waals surface area contributed by atoms with E-state index in [2.05, 4.69) is 10.3 Å². The lowest BCUT2D eigenvalue weighted by Gasteiger charge is -2.24. The summed E-state index contributed by atoms with van der Waals surface area (Å²) in [6.07, 6.45) is 6.11. The van der Waals surface area contributed by atoms with E-state index >= 15 is 0 Å². The number of rotatable bonds is 4. The second-order valence-electron chi connectivity index (χ2n) is 4.81. The molecule has 0 radical (unpaired) electrons. The Labute approximate surface area is 113 Å². The normalized spacial score (nSPS) is 18.4. The van der Waals surface area contributed by atoms with E-state index in [4.69, 9.17) is 0 Å². The first-order valence-corrected chi connectivity index (χ1v) is 6.64. The van der Waals surface area contributed by atoms with Crippen LogP contribution in [0.25, 0.3) is 0 Å². The van der Waals surface area contributed by atoms with Gasteiger partial charge in [0.1, 0.15) is 0 Å². The summed E-state index contributed by atoms with van der Waals surface area (Å²) < 4.78 is 0. The molecular weight excluding hydrogens is 242 g/mol. The van der Waals surface area contributed by atoms with E-state index in [1.807, 2.05) is 4.90 Å². The minimum atomic E-state index is -0.0249. The SMILES string of the molecule is CC(=O)NCCC1CCCN1C(=O)c1cccnc1. The summed E-state index contributed by atoms with van der Waals surface area (Å²) in [6.45, 7) is 2.92. The smallest absolute Gasteiger partial charge is 0.255 e. The number of likely N-dealkylation sites (tertiary alicyclic amines) is 1. The van der Waals surface area contributed by atoms with E-state index in [0.29, 0.717) is 12.1 Å². The second-order valence-corrected chi connectivity index (χ2v) is 4.81. The summed E-state index contributed by atoms with van der Waals surface area (Å²) >= 11 is 0. The van der Waals surface area contributed by atoms with Crippen molar-refractivity contribution in [2.45, 2.75) is 32.2 Å². The standard InChI is InChI=1S/C14H19N3O2/c1-11(18)16-8-6-13-5-3-9-17(13)14(19)12-4-2-7-15-10-12/h2,4,7,10,13H,3,5-6,8-9H2,1H3,(H,16,18). The first-order valence-electron chi connectivity index (χ1n) is 6.64. The molecule has 2 heterocycles. The molecule has 1 aliphatic heterocycles. The molecule has 1 atom stereocenters. The molecule has 0 spiro atoms. The molecule has 1 saturated heterocycles. The summed E-state index contributed by atoms with van der Waals surface area (Å²) in [5, 5.41) is 2.78. The highest BCUT2D eigenvalue weighted by Crippen LogP contribution is 2.21. The van der Waals surface area contributed by atoms with Crippen LogP contribution in [0, 0.1) is 0 Å². The third kappa shape index (κ3) is 3.53. The summed E-state index contributed by atoms with van der Waals surface area (Å²) in [5.74, 6) is 0.0153. The molecule has 1 fully saturated rings. The zero-order valence-corrected chi connectivity index (χ0v) is 11.1. The van der Waals surface area contributed by atoms with E-state index in [-0.39, 0.29) is 17.9 Å². The van der Waals surface area contributed by atoms with Crippen LogP contribution in [0.5, 0.6) is 0 Å². The number of carbonyl (C=O) groups is 2. The van der Waals surface area contributed by atoms with Gasteiger partial charge in [0.2, 0.25) is 5.91 Å². The molecule has 5 heteroatoms. The number of aromatic nitrogens is 1. The number of hydrogen-bond acceptors (Lipinski definition) is 3. The maximum Gasteiger partial charge on any atom is 0.255 e. The molecule has 0 saturated carbocycles. The van der Waals surface area contributed by atoms with Crippen LogP contribution in [0.15, 0.2) is 24.5 Å². The molecule has 5 nitrogen and oxygen atoms in total. The largest absolute Gasteiger partial charge is 0.356 e. The minimum absolute atomic E-state index is 0.0249. The van der Waals surface area contributed by atoms with E-state index < -0.39 is 0 Å². The molecule has 1 aliphatic rings. The van der Waals surface area contributed by atoms with Crippen molar-refractivity contribution in [3.63, 3.8) is 0 Å². The van der Waals surface area contributed by atoms with Gasteiger partial charge in [-0.15, -0.1) is 0 Å². The van der Waals surface area contributed by atoms with Crippen molar-refractivity contribution < 1.29 is 9.59 Å². The van der Waals surface area contributed by atoms with Crippen molar-refractivity contribution in [3.05, 3.63) is 30.1 Å². The molecule has 2 amide bonds. The van der Waals surface area contributed by atoms with Crippen molar-refractivity contribution in [1.82, 2.24) is 15.2 Å². The summed E-state index contributed by atoms with van der Waals surface area (Å²) in [6, 6.07) is 3.79. The zero-order valence-electron chi connectivity index (χ0n) is 11.1. The predicted octanol–water partition coefficient (Wildman–Crippen LogP) is 1.21. The molecule has 19 heavy (non-hydrogen) atoms. The van der Waals surface area contributed by atoms with Crippen molar-refractivity contribution >= 4 is 11.8 Å². The zero-order chi connectivity index (χ0) is 13.7. The van der Waals surface area contributed by atoms with Gasteiger partial charge in [-0.05, 0) is 31.4 Å². The summed E-state index contributed by atoms with van der Waals surface area (Å²) in [7, 11) is 0. The van der Waals surface area contributed by atoms with Crippen molar-refractivity contribution in [2.75, 3.05) is 13.1 Å². The predicted molar refractivity (Wildman–Crippen MR) is 71.6 cm³/mol. The van der Waals surface area contributed by atoms with Gasteiger partial charge in [0.15, 0.2) is 0 Å². The van der Waals surface area contributed by atoms with Crippen LogP contribution in [0.4, 0.5) is 0 Å². The quantitative estimate of drug-likeness (QED) is 0.886. The Hall–Kier alpha value is -1.91. The first-order chi connectivity index (χ1) is 9.18. The molecule has 2 rings (SSSR count). The number of nitrogens with zero attached hydrogens (tertiary/aromatic N) is 2. The molecule has 1 N–H and O–H groups in total. The molecule has 0 aromatic carbocycles. The van der Waals surface area contributed by atoms with Crippen molar-refractivity contribution in [2.24, 2.45) is 0 Å². The first kappa shape index (κ1) is 13.5. The van der Waals surface area contributed by atoms with Gasteiger partial charge in [0.05, 0.1) is 5.56 Å². The molecule has 1 unspecified atom stereocenters. The van der Waals surface area contributed by atoms with E-state index in [1.54, 1.807) is 24.5 Å². The number of hydrogen-bond donors (Lipinski definition) is 1. The average Bonchev–Trinajstić information content (AvgIpc) is 2.87. The Kier molecular flexibility index (Phi) is 4.49. The number of pyridine rings is 1. The number of nitrogens with one attached hydrogen (secondary N) is 1. The summed E-state index contributed by atoms with van der Waals surface area (Å²) in [4.78, 5) is 29.1. The molecule has 1 aromatic rings. The third-order valence-corrected chi connectivity index (χ3v) is 3.40. The van der Waals surface area contributed by atoms with Crippen LogP contribution < -0.4 is 5.32 Å². The lowest BCUT2D eigenvalue weighted by molar-refractivity contribution is -0.118. The van der Waals surface area contributed by atoms with Crippen LogP contribution in [-0.2, 0) is 4.79 Å². The van der Waals surface area contributed by atoms with Crippen LogP contribution in [-0.4, -0.2) is 40.8 Å². The third-order valence-electron chi connectivity index (χ3n) is 3.40. The van der Waals surface area contributed by atoms with Gasteiger partial charge in [0.25, 0.3) is 5.91 Å². The average molecular weight is 261 g/mol. The van der Waals surface area contributed by atoms with Crippen LogP contribution >= 0.6 is 0 Å². The van der Waals surface area contributed by atoms with Gasteiger partial charge in [0, 0.05) is 38.4 Å². The van der Waals surface area contributed by atoms with Crippen molar-refractivity contribution in [1.29, 1.82) is 0 Å². The lowest BCUT2D eigenvalue weighted by atomic mass is 10.1. The second kappa shape index (κ2) is 6.31. The van der Waals surface area contributed by atoms with Gasteiger partial charge in [-0.25, -0.2) is 0 Å². The van der Waals surface area contributed by atoms with Crippen LogP contribution in [0.1, 0.15) is 36.5 Å². The monoisotopic (exact) mass is 261 g/mol. The Morgan fingerprint density at radius 2 is 2.37 bits per heavy atom. The van der Waals surface area contributed by atoms with Crippen LogP contribution in [0.3, 0.4) is 0 Å². The maximum atomic E-state index is 12.4. The Bertz CT molecular complexity index is 447. The van der Waals surface area contributed by atoms with Gasteiger partial charge in [-0.3, -0.25) is 14.6 Å². The van der Waals surface area contributed by atoms with Gasteiger partial charge in [-0.1, -0.05) is 0 Å².